The summed E-state index contributed by atoms with van der Waals surface area (Å²) in [6.07, 6.45) is 7.37. The van der Waals surface area contributed by atoms with Crippen molar-refractivity contribution in [1.82, 2.24) is 5.32 Å². The molecule has 0 atom stereocenters. The summed E-state index contributed by atoms with van der Waals surface area (Å²) in [6, 6.07) is 0. The van der Waals surface area contributed by atoms with E-state index in [0.717, 1.165) is 39.6 Å². The van der Waals surface area contributed by atoms with Crippen molar-refractivity contribution < 1.29 is 66.4 Å². The number of nitrogens with one attached hydrogen (secondary N) is 1. The van der Waals surface area contributed by atoms with Gasteiger partial charge in [-0.15, -0.1) is 0 Å². The fraction of sp³-hybridized carbons (Fsp3) is 0.214. The molecule has 0 aromatic rings. The normalized spacial score (nSPS) is 24.0. The van der Waals surface area contributed by atoms with Crippen molar-refractivity contribution in [3.8, 4) is 0 Å². The summed E-state index contributed by atoms with van der Waals surface area (Å²) < 4.78 is 6.00. The average Bonchev–Trinajstić information content (AvgIpc) is 2.64. The molecule has 4 nitrogen and oxygen atoms in total. The summed E-state index contributed by atoms with van der Waals surface area (Å²) in [5.41, 5.74) is 1.85. The first-order chi connectivity index (χ1) is 9.52. The van der Waals surface area contributed by atoms with E-state index in [0.29, 0.717) is 10.7 Å². The first-order valence-electron chi connectivity index (χ1n) is 5.87. The van der Waals surface area contributed by atoms with Crippen LogP contribution in [0.5, 0.6) is 0 Å². The Kier molecular flexibility index (Phi) is 7.83. The Bertz CT molecular complexity index is 569. The van der Waals surface area contributed by atoms with Gasteiger partial charge in [0.2, 0.25) is 0 Å². The monoisotopic (exact) mass is 547 g/mol. The molecule has 1 heterocycles. The first-order valence-corrected chi connectivity index (χ1v) is 8.15. The van der Waals surface area contributed by atoms with Crippen LogP contribution in [0.3, 0.4) is 0 Å². The summed E-state index contributed by atoms with van der Waals surface area (Å²) in [4.78, 5) is 23.6. The number of rotatable bonds is 2. The van der Waals surface area contributed by atoms with E-state index >= 15 is 0 Å². The van der Waals surface area contributed by atoms with Gasteiger partial charge in [-0.2, -0.15) is 0 Å². The predicted molar refractivity (Wildman–Crippen MR) is 73.9 cm³/mol. The Morgan fingerprint density at radius 3 is 2.81 bits per heavy atom. The van der Waals surface area contributed by atoms with Crippen LogP contribution >= 0.6 is 11.8 Å². The van der Waals surface area contributed by atoms with Crippen LogP contribution in [-0.2, 0) is 61.6 Å². The van der Waals surface area contributed by atoms with Gasteiger partial charge >= 0.3 is 133 Å². The summed E-state index contributed by atoms with van der Waals surface area (Å²) in [7, 11) is 1.51. The van der Waals surface area contributed by atoms with Crippen LogP contribution < -0.4 is 5.32 Å². The minimum Gasteiger partial charge on any atom is 0 e. The number of allylic oxidation sites excluding steroid dienone is 3. The van der Waals surface area contributed by atoms with E-state index in [1.165, 1.54) is 26.5 Å². The molecule has 109 valence electrons. The zero-order chi connectivity index (χ0) is 14.7. The van der Waals surface area contributed by atoms with Gasteiger partial charge in [0.1, 0.15) is 0 Å². The van der Waals surface area contributed by atoms with Gasteiger partial charge in [-0.1, -0.05) is 0 Å². The van der Waals surface area contributed by atoms with Crippen LogP contribution in [0.4, 0.5) is 4.79 Å². The van der Waals surface area contributed by atoms with Crippen LogP contribution in [0.1, 0.15) is 12.8 Å². The van der Waals surface area contributed by atoms with Crippen molar-refractivity contribution in [3.05, 3.63) is 47.3 Å². The molecular weight excluding hydrogens is 535 g/mol. The van der Waals surface area contributed by atoms with E-state index in [2.05, 4.69) is 11.7 Å². The van der Waals surface area contributed by atoms with Gasteiger partial charge < -0.3 is 0 Å². The molecule has 1 radical (unpaired) electrons. The van der Waals surface area contributed by atoms with E-state index in [9.17, 15) is 9.59 Å². The smallest absolute Gasteiger partial charge is 0 e. The quantitative estimate of drug-likeness (QED) is 0.249. The number of carbonyl (C=O) groups is 2. The largest absolute Gasteiger partial charge is 0 e. The van der Waals surface area contributed by atoms with E-state index in [1.807, 2.05) is 6.42 Å². The Morgan fingerprint density at radius 2 is 2.24 bits per heavy atom. The maximum Gasteiger partial charge on any atom is 0 e. The molecule has 0 unspecified atom stereocenters. The number of hydrogen-bond acceptors (Lipinski definition) is 4. The second-order valence-electron chi connectivity index (χ2n) is 4.12. The van der Waals surface area contributed by atoms with Crippen molar-refractivity contribution >= 4 is 26.8 Å². The molecule has 1 N–H and O–H groups in total. The van der Waals surface area contributed by atoms with Crippen LogP contribution in [-0.4, -0.2) is 22.2 Å². The SMILES string of the molecule is [CH-]=C(/C=C1/C[CH-]C[CH-]/C(=C2/SC(=O)NC2=O)[C]1=[W])OC.[Y]. The number of methoxy groups -OCH3 is 1. The van der Waals surface area contributed by atoms with Gasteiger partial charge in [0, 0.05) is 32.7 Å². The molecule has 1 saturated heterocycles. The maximum absolute atomic E-state index is 11.8. The second-order valence-corrected chi connectivity index (χ2v) is 6.57. The Hall–Kier alpha value is 0.0422. The third kappa shape index (κ3) is 4.75. The van der Waals surface area contributed by atoms with Gasteiger partial charge in [-0.3, -0.25) is 0 Å². The van der Waals surface area contributed by atoms with Crippen LogP contribution in [0.25, 0.3) is 0 Å². The molecule has 1 aliphatic carbocycles. The minimum atomic E-state index is -0.324. The molecule has 2 aliphatic rings. The Labute approximate surface area is 164 Å². The van der Waals surface area contributed by atoms with Gasteiger partial charge in [-0.25, -0.2) is 0 Å². The Morgan fingerprint density at radius 1 is 1.52 bits per heavy atom. The number of carbonyl (C=O) groups excluding carboxylic acids is 2. The molecule has 0 aromatic carbocycles. The van der Waals surface area contributed by atoms with E-state index < -0.39 is 0 Å². The van der Waals surface area contributed by atoms with Crippen molar-refractivity contribution in [2.75, 3.05) is 7.11 Å². The minimum absolute atomic E-state index is 0. The molecule has 1 saturated carbocycles. The molecule has 2 rings (SSSR count). The molecular formula is C14H12NO3SWY-3. The summed E-state index contributed by atoms with van der Waals surface area (Å²) >= 11 is 2.17. The summed E-state index contributed by atoms with van der Waals surface area (Å²) in [5, 5.41) is 1.97. The topological polar surface area (TPSA) is 55.4 Å². The fourth-order valence-electron chi connectivity index (χ4n) is 1.84. The number of ether oxygens (including phenoxy) is 1. The molecule has 0 spiro atoms. The van der Waals surface area contributed by atoms with Crippen LogP contribution in [0.15, 0.2) is 27.9 Å². The van der Waals surface area contributed by atoms with Gasteiger partial charge in [-0.05, 0) is 0 Å². The van der Waals surface area contributed by atoms with Gasteiger partial charge in [0.15, 0.2) is 0 Å². The molecule has 21 heavy (non-hydrogen) atoms. The fourth-order valence-corrected chi connectivity index (χ4v) is 4.04. The molecule has 2 fully saturated rings. The van der Waals surface area contributed by atoms with Crippen molar-refractivity contribution in [2.45, 2.75) is 12.8 Å². The van der Waals surface area contributed by atoms with E-state index in [4.69, 9.17) is 11.3 Å². The van der Waals surface area contributed by atoms with E-state index in [1.54, 1.807) is 6.08 Å². The zero-order valence-corrected chi connectivity index (χ0v) is 17.9. The van der Waals surface area contributed by atoms with Gasteiger partial charge in [0.05, 0.1) is 0 Å². The third-order valence-corrected chi connectivity index (χ3v) is 5.43. The van der Waals surface area contributed by atoms with Crippen molar-refractivity contribution in [3.63, 3.8) is 0 Å². The molecule has 0 bridgehead atoms. The second kappa shape index (κ2) is 8.62. The zero-order valence-electron chi connectivity index (χ0n) is 11.3. The maximum atomic E-state index is 11.8. The number of hydrogen-bond donors (Lipinski definition) is 1. The standard InChI is InChI=1S/C14H12NO3S.W.Y/c1-9(18-2)7-10-5-3-4-6-11(8-10)12-13(16)15-14(17)19-12;;/h1,3,6-7H,4-5H2,2H3,(H,15,16,17);;/q-3;;/b10-7-,12-11-;;. The Balaban J connectivity index is 0.00000220. The average molecular weight is 547 g/mol. The van der Waals surface area contributed by atoms with Gasteiger partial charge in [0.25, 0.3) is 0 Å². The molecule has 0 aromatic heterocycles. The number of amides is 2. The summed E-state index contributed by atoms with van der Waals surface area (Å²) in [6.45, 7) is 5.70. The predicted octanol–water partition coefficient (Wildman–Crippen LogP) is 2.03. The number of imide groups is 1. The van der Waals surface area contributed by atoms with Crippen molar-refractivity contribution in [1.29, 1.82) is 0 Å². The van der Waals surface area contributed by atoms with Crippen molar-refractivity contribution in [2.24, 2.45) is 0 Å². The van der Waals surface area contributed by atoms with Crippen LogP contribution in [0, 0.1) is 19.4 Å². The van der Waals surface area contributed by atoms with E-state index in [-0.39, 0.29) is 43.9 Å². The first kappa shape index (κ1) is 19.1. The number of thioether (sulfide) groups is 1. The molecule has 7 heteroatoms. The molecule has 1 aliphatic heterocycles. The third-order valence-electron chi connectivity index (χ3n) is 2.80. The van der Waals surface area contributed by atoms with Crippen LogP contribution in [0.2, 0.25) is 0 Å². The molecule has 2 amide bonds. The summed E-state index contributed by atoms with van der Waals surface area (Å²) in [5.74, 6) is 0.00736.